The average molecular weight is 352 g/mol. The molecule has 0 bridgehead atoms. The zero-order valence-electron chi connectivity index (χ0n) is 14.4. The summed E-state index contributed by atoms with van der Waals surface area (Å²) in [6, 6.07) is 24.7. The normalized spacial score (nSPS) is 11.1. The van der Waals surface area contributed by atoms with Crippen LogP contribution < -0.4 is 0 Å². The number of aromatic amines is 2. The first kappa shape index (κ1) is 15.5. The molecule has 0 spiro atoms. The number of imidazole rings is 1. The van der Waals surface area contributed by atoms with E-state index < -0.39 is 0 Å². The number of benzene rings is 3. The lowest BCUT2D eigenvalue weighted by atomic mass is 9.98. The van der Waals surface area contributed by atoms with Crippen LogP contribution in [0, 0.1) is 0 Å². The highest BCUT2D eigenvalue weighted by molar-refractivity contribution is 5.80. The molecule has 6 nitrogen and oxygen atoms in total. The van der Waals surface area contributed by atoms with E-state index in [1.165, 1.54) is 5.56 Å². The summed E-state index contributed by atoms with van der Waals surface area (Å²) in [6.45, 7) is 0. The second kappa shape index (κ2) is 6.49. The van der Waals surface area contributed by atoms with E-state index in [-0.39, 0.29) is 0 Å². The molecule has 0 atom stereocenters. The van der Waals surface area contributed by atoms with Crippen LogP contribution in [0.5, 0.6) is 0 Å². The minimum Gasteiger partial charge on any atom is -0.342 e. The van der Waals surface area contributed by atoms with E-state index in [1.807, 2.05) is 42.5 Å². The Hall–Kier alpha value is -3.80. The maximum absolute atomic E-state index is 4.65. The molecule has 3 aromatic carbocycles. The van der Waals surface area contributed by atoms with Gasteiger partial charge in [-0.3, -0.25) is 0 Å². The topological polar surface area (TPSA) is 83.1 Å². The van der Waals surface area contributed by atoms with E-state index >= 15 is 0 Å². The third-order valence-corrected chi connectivity index (χ3v) is 4.59. The Bertz CT molecular complexity index is 1160. The van der Waals surface area contributed by atoms with Crippen molar-refractivity contribution >= 4 is 11.0 Å². The molecule has 0 fully saturated rings. The van der Waals surface area contributed by atoms with Crippen molar-refractivity contribution in [2.45, 2.75) is 6.42 Å². The SMILES string of the molecule is c1ccc(-c2nn[nH]n2)c(-c2ccc(Cc3nc4ccccc4[nH]3)cc2)c1. The zero-order chi connectivity index (χ0) is 18.1. The molecule has 130 valence electrons. The fourth-order valence-corrected chi connectivity index (χ4v) is 3.29. The van der Waals surface area contributed by atoms with Crippen LogP contribution in [0.25, 0.3) is 33.5 Å². The molecule has 27 heavy (non-hydrogen) atoms. The van der Waals surface area contributed by atoms with Gasteiger partial charge in [0.1, 0.15) is 5.82 Å². The van der Waals surface area contributed by atoms with Crippen LogP contribution in [0.1, 0.15) is 11.4 Å². The van der Waals surface area contributed by atoms with Gasteiger partial charge in [0.15, 0.2) is 0 Å². The average Bonchev–Trinajstić information content (AvgIpc) is 3.38. The molecule has 5 rings (SSSR count). The molecule has 0 aliphatic carbocycles. The number of hydrogen-bond acceptors (Lipinski definition) is 4. The number of tetrazole rings is 1. The van der Waals surface area contributed by atoms with Crippen LogP contribution in [0.4, 0.5) is 0 Å². The lowest BCUT2D eigenvalue weighted by Crippen LogP contribution is -1.91. The first-order chi connectivity index (χ1) is 13.4. The molecule has 2 N–H and O–H groups in total. The molecular weight excluding hydrogens is 336 g/mol. The summed E-state index contributed by atoms with van der Waals surface area (Å²) in [7, 11) is 0. The molecule has 0 unspecified atom stereocenters. The Morgan fingerprint density at radius 1 is 0.778 bits per heavy atom. The number of nitrogens with zero attached hydrogens (tertiary/aromatic N) is 4. The van der Waals surface area contributed by atoms with Crippen molar-refractivity contribution in [1.82, 2.24) is 30.6 Å². The monoisotopic (exact) mass is 352 g/mol. The first-order valence-electron chi connectivity index (χ1n) is 8.72. The van der Waals surface area contributed by atoms with E-state index in [9.17, 15) is 0 Å². The van der Waals surface area contributed by atoms with Crippen molar-refractivity contribution < 1.29 is 0 Å². The Morgan fingerprint density at radius 3 is 2.33 bits per heavy atom. The van der Waals surface area contributed by atoms with Crippen LogP contribution >= 0.6 is 0 Å². The predicted molar refractivity (Wildman–Crippen MR) is 104 cm³/mol. The largest absolute Gasteiger partial charge is 0.342 e. The summed E-state index contributed by atoms with van der Waals surface area (Å²) in [4.78, 5) is 8.03. The molecule has 0 amide bonds. The maximum Gasteiger partial charge on any atom is 0.205 e. The van der Waals surface area contributed by atoms with Crippen molar-refractivity contribution in [3.05, 3.63) is 84.2 Å². The van der Waals surface area contributed by atoms with Gasteiger partial charge in [0.2, 0.25) is 5.82 Å². The quantitative estimate of drug-likeness (QED) is 0.512. The molecule has 0 saturated heterocycles. The number of hydrogen-bond donors (Lipinski definition) is 2. The molecule has 5 aromatic rings. The van der Waals surface area contributed by atoms with Gasteiger partial charge in [0.05, 0.1) is 11.0 Å². The van der Waals surface area contributed by atoms with Crippen molar-refractivity contribution in [2.75, 3.05) is 0 Å². The van der Waals surface area contributed by atoms with Gasteiger partial charge in [-0.2, -0.15) is 5.21 Å². The minimum atomic E-state index is 0.594. The second-order valence-electron chi connectivity index (χ2n) is 6.36. The number of aromatic nitrogens is 6. The van der Waals surface area contributed by atoms with Crippen molar-refractivity contribution in [3.63, 3.8) is 0 Å². The highest BCUT2D eigenvalue weighted by Crippen LogP contribution is 2.29. The minimum absolute atomic E-state index is 0.594. The summed E-state index contributed by atoms with van der Waals surface area (Å²) < 4.78 is 0. The van der Waals surface area contributed by atoms with Crippen molar-refractivity contribution in [1.29, 1.82) is 0 Å². The smallest absolute Gasteiger partial charge is 0.205 e. The van der Waals surface area contributed by atoms with Crippen molar-refractivity contribution in [2.24, 2.45) is 0 Å². The van der Waals surface area contributed by atoms with Crippen LogP contribution in [0.2, 0.25) is 0 Å². The van der Waals surface area contributed by atoms with Gasteiger partial charge in [-0.1, -0.05) is 60.7 Å². The van der Waals surface area contributed by atoms with Crippen LogP contribution in [0.3, 0.4) is 0 Å². The molecule has 0 radical (unpaired) electrons. The first-order valence-corrected chi connectivity index (χ1v) is 8.72. The van der Waals surface area contributed by atoms with Crippen LogP contribution in [-0.2, 0) is 6.42 Å². The summed E-state index contributed by atoms with van der Waals surface area (Å²) in [5.74, 6) is 1.56. The Balaban J connectivity index is 1.44. The molecule has 6 heteroatoms. The molecule has 2 heterocycles. The molecule has 0 aliphatic rings. The third kappa shape index (κ3) is 2.97. The Kier molecular flexibility index (Phi) is 3.72. The van der Waals surface area contributed by atoms with Gasteiger partial charge in [-0.25, -0.2) is 4.98 Å². The third-order valence-electron chi connectivity index (χ3n) is 4.59. The number of H-pyrrole nitrogens is 2. The lowest BCUT2D eigenvalue weighted by molar-refractivity contribution is 0.881. The maximum atomic E-state index is 4.65. The lowest BCUT2D eigenvalue weighted by Gasteiger charge is -2.07. The molecular formula is C21H16N6. The van der Waals surface area contributed by atoms with Gasteiger partial charge in [0, 0.05) is 12.0 Å². The van der Waals surface area contributed by atoms with Gasteiger partial charge in [-0.15, -0.1) is 10.2 Å². The highest BCUT2D eigenvalue weighted by Gasteiger charge is 2.11. The summed E-state index contributed by atoms with van der Waals surface area (Å²) >= 11 is 0. The number of para-hydroxylation sites is 2. The zero-order valence-corrected chi connectivity index (χ0v) is 14.4. The second-order valence-corrected chi connectivity index (χ2v) is 6.36. The van der Waals surface area contributed by atoms with Gasteiger partial charge >= 0.3 is 0 Å². The summed E-state index contributed by atoms with van der Waals surface area (Å²) in [5.41, 5.74) is 6.42. The molecule has 0 aliphatic heterocycles. The van der Waals surface area contributed by atoms with E-state index in [1.54, 1.807) is 0 Å². The fraction of sp³-hybridized carbons (Fsp3) is 0.0476. The van der Waals surface area contributed by atoms with Crippen LogP contribution in [0.15, 0.2) is 72.8 Å². The standard InChI is InChI=1S/C21H16N6/c1-2-6-17(21-24-26-27-25-21)16(5-1)15-11-9-14(10-12-15)13-20-22-18-7-3-4-8-19(18)23-20/h1-12H,13H2,(H,22,23)(H,24,25,26,27). The highest BCUT2D eigenvalue weighted by atomic mass is 15.5. The van der Waals surface area contributed by atoms with Gasteiger partial charge < -0.3 is 4.98 Å². The number of nitrogens with one attached hydrogen (secondary N) is 2. The van der Waals surface area contributed by atoms with E-state index in [0.29, 0.717) is 5.82 Å². The Labute approximate surface area is 155 Å². The molecule has 0 saturated carbocycles. The van der Waals surface area contributed by atoms with E-state index in [0.717, 1.165) is 40.0 Å². The number of rotatable bonds is 4. The summed E-state index contributed by atoms with van der Waals surface area (Å²) in [6.07, 6.45) is 0.765. The predicted octanol–water partition coefficient (Wildman–Crippen LogP) is 4.00. The van der Waals surface area contributed by atoms with Gasteiger partial charge in [-0.05, 0) is 34.0 Å². The van der Waals surface area contributed by atoms with Crippen molar-refractivity contribution in [3.8, 4) is 22.5 Å². The molecule has 2 aromatic heterocycles. The Morgan fingerprint density at radius 2 is 1.56 bits per heavy atom. The number of fused-ring (bicyclic) bond motifs is 1. The fourth-order valence-electron chi connectivity index (χ4n) is 3.29. The van der Waals surface area contributed by atoms with E-state index in [4.69, 9.17) is 0 Å². The summed E-state index contributed by atoms with van der Waals surface area (Å²) in [5, 5.41) is 14.4. The van der Waals surface area contributed by atoms with Gasteiger partial charge in [0.25, 0.3) is 0 Å². The van der Waals surface area contributed by atoms with E-state index in [2.05, 4.69) is 60.9 Å². The van der Waals surface area contributed by atoms with Crippen LogP contribution in [-0.4, -0.2) is 30.6 Å².